The van der Waals surface area contributed by atoms with Crippen LogP contribution < -0.4 is 34.3 Å². The van der Waals surface area contributed by atoms with Gasteiger partial charge in [-0.2, -0.15) is 39.5 Å². The first-order valence-electron chi connectivity index (χ1n) is 39.3. The van der Waals surface area contributed by atoms with Crippen LogP contribution in [0.15, 0.2) is 140 Å². The van der Waals surface area contributed by atoms with Gasteiger partial charge in [0, 0.05) is 67.6 Å². The van der Waals surface area contributed by atoms with Crippen molar-refractivity contribution in [1.29, 1.82) is 0 Å². The van der Waals surface area contributed by atoms with Gasteiger partial charge >= 0.3 is 36.3 Å². The lowest BCUT2D eigenvalue weighted by Gasteiger charge is -2.45. The molecule has 5 aliphatic heterocycles. The Morgan fingerprint density at radius 2 is 0.676 bits per heavy atom. The highest BCUT2D eigenvalue weighted by Gasteiger charge is 2.51. The van der Waals surface area contributed by atoms with E-state index in [9.17, 15) is 59.0 Å². The number of rotatable bonds is 8. The summed E-state index contributed by atoms with van der Waals surface area (Å²) in [6, 6.07) is 46.3. The number of phenols is 1. The highest BCUT2D eigenvalue weighted by atomic mass is 19.4. The van der Waals surface area contributed by atoms with Gasteiger partial charge in [-0.3, -0.25) is 14.4 Å². The molecule has 7 aromatic rings. The number of hydrogen-bond acceptors (Lipinski definition) is 11. The van der Waals surface area contributed by atoms with Gasteiger partial charge in [0.05, 0.1) is 28.4 Å². The number of likely N-dealkylation sites (tertiary alicyclic amines) is 3. The van der Waals surface area contributed by atoms with E-state index in [0.29, 0.717) is 69.7 Å². The van der Waals surface area contributed by atoms with E-state index in [4.69, 9.17) is 23.7 Å². The smallest absolute Gasteiger partial charge is 0.471 e. The van der Waals surface area contributed by atoms with Crippen LogP contribution in [0.4, 0.5) is 39.5 Å². The van der Waals surface area contributed by atoms with Gasteiger partial charge in [0.2, 0.25) is 0 Å². The molecule has 7 aromatic carbocycles. The molecule has 5 aliphatic carbocycles. The topological polar surface area (TPSA) is 151 Å². The quantitative estimate of drug-likeness (QED) is 0.125. The Morgan fingerprint density at radius 1 is 0.360 bits per heavy atom. The fourth-order valence-electron chi connectivity index (χ4n) is 19.4. The van der Waals surface area contributed by atoms with Crippen molar-refractivity contribution in [3.05, 3.63) is 206 Å². The van der Waals surface area contributed by atoms with Gasteiger partial charge in [0.25, 0.3) is 0 Å². The fraction of sp³-hybridized carbons (Fsp3) is 0.489. The number of hydrogen-bond donors (Lipinski definition) is 3. The Bertz CT molecular complexity index is 4380. The van der Waals surface area contributed by atoms with Crippen molar-refractivity contribution in [3.63, 3.8) is 0 Å². The number of methoxy groups -OCH3 is 4. The molecule has 5 fully saturated rings. The van der Waals surface area contributed by atoms with E-state index >= 15 is 0 Å². The normalized spacial score (nSPS) is 24.0. The van der Waals surface area contributed by atoms with Crippen molar-refractivity contribution in [2.75, 3.05) is 61.2 Å². The predicted octanol–water partition coefficient (Wildman–Crippen LogP) is 17.9. The number of fused-ring (bicyclic) bond motifs is 15. The van der Waals surface area contributed by atoms with Gasteiger partial charge in [0.15, 0.2) is 0 Å². The van der Waals surface area contributed by atoms with Crippen molar-refractivity contribution in [2.45, 2.75) is 213 Å². The summed E-state index contributed by atoms with van der Waals surface area (Å²) in [6.07, 6.45) is 4.38. The fourth-order valence-corrected chi connectivity index (χ4v) is 19.4. The molecule has 0 spiro atoms. The zero-order valence-electron chi connectivity index (χ0n) is 63.4. The molecule has 0 saturated carbocycles. The maximum absolute atomic E-state index is 13.0. The van der Waals surface area contributed by atoms with E-state index in [1.54, 1.807) is 52.2 Å². The lowest BCUT2D eigenvalue weighted by Crippen LogP contribution is -2.53. The minimum Gasteiger partial charge on any atom is -0.508 e. The Balaban J connectivity index is 0.000000123. The molecular formula is C88H100F9N5O9. The average molecular weight is 1540 g/mol. The number of nitrogens with zero attached hydrogens (tertiary/aromatic N) is 3. The van der Waals surface area contributed by atoms with Gasteiger partial charge in [-0.1, -0.05) is 54.6 Å². The van der Waals surface area contributed by atoms with Crippen molar-refractivity contribution in [3.8, 4) is 40.2 Å². The maximum atomic E-state index is 13.0. The number of halogens is 9. The zero-order valence-corrected chi connectivity index (χ0v) is 63.4. The Kier molecular flexibility index (Phi) is 25.2. The zero-order chi connectivity index (χ0) is 78.3. The van der Waals surface area contributed by atoms with E-state index in [1.165, 1.54) is 91.4 Å². The van der Waals surface area contributed by atoms with E-state index < -0.39 is 36.3 Å². The molecule has 5 unspecified atom stereocenters. The van der Waals surface area contributed by atoms with Crippen LogP contribution in [-0.4, -0.2) is 147 Å². The standard InChI is InChI=1S/C23H24F3NO2.C20H23NO2.C16H18F3NO2.C15H16F3NO2.C14H19NO/c1-29-18-8-4-15(5-9-18)13-16-6-10-19-17(14-16)7-11-21-20(19)3-2-12-27(21)22(28)23(24,25)26;1-22-15-5-7-16(8-6-15)23-17-9-10-18-14(13-17)4-11-20-19(18)3-2-12-21-20;1-22-11-5-6-12-10(9-11)4-7-14-13(12)3-2-8-20(14)15(21)16(17,18)19;16-15(17,18)14(21)19-7-1-2-12-11-5-4-10(20)8-9(11)3-6-13(12)19;1-16-11-5-6-12-10(9-11)4-7-14-13(12)3-2-8-15-14/h4-6,8-10,14,20-21H,2-3,7,11-13H2,1H3;5-10,13,19-21H,2-4,11-12H2,1H3;5-6,9,13-14H,2-4,7-8H2,1H3;4-5,8,12-13,20H,1-3,6-7H2;5-6,9,13-15H,2-4,7-8H2,1H3/t20?,21-;19?,20-;13?,14-;12?,13-;13?,14-/m00000/s1. The van der Waals surface area contributed by atoms with E-state index in [0.717, 1.165) is 121 Å². The summed E-state index contributed by atoms with van der Waals surface area (Å²) >= 11 is 0. The first kappa shape index (κ1) is 80.1. The molecule has 3 N–H and O–H groups in total. The first-order chi connectivity index (χ1) is 53.4. The number of carbonyl (C=O) groups is 3. The van der Waals surface area contributed by atoms with Crippen molar-refractivity contribution >= 4 is 17.7 Å². The lowest BCUT2D eigenvalue weighted by atomic mass is 9.73. The highest BCUT2D eigenvalue weighted by Crippen LogP contribution is 2.48. The number of nitrogens with one attached hydrogen (secondary N) is 2. The molecule has 0 bridgehead atoms. The molecule has 111 heavy (non-hydrogen) atoms. The summed E-state index contributed by atoms with van der Waals surface area (Å²) in [7, 11) is 6.65. The monoisotopic (exact) mass is 1540 g/mol. The lowest BCUT2D eigenvalue weighted by molar-refractivity contribution is -0.190. The maximum Gasteiger partial charge on any atom is 0.471 e. The number of ether oxygens (including phenoxy) is 5. The predicted molar refractivity (Wildman–Crippen MR) is 406 cm³/mol. The number of piperidine rings is 5. The molecule has 10 atom stereocenters. The third-order valence-corrected chi connectivity index (χ3v) is 24.6. The SMILES string of the molecule is COc1ccc(Cc2ccc3c(c2)CC[C@H]2C3CCCN2C(=O)C(F)(F)F)cc1.COc1ccc(Oc2ccc3c(c2)CC[C@@H]2NCCCC32)cc1.COc1ccc2c(c1)CC[C@@H]1NCCCC21.COc1ccc2c(c1)CC[C@H]1C2CCCN1C(=O)C(F)(F)F.O=C(N1CCCC2c3ccc(O)cc3CC[C@@H]21)C(F)(F)F. The second-order valence-corrected chi connectivity index (χ2v) is 31.0. The molecule has 5 heterocycles. The molecule has 3 amide bonds. The minimum atomic E-state index is -4.81. The summed E-state index contributed by atoms with van der Waals surface area (Å²) < 4.78 is 142. The Morgan fingerprint density at radius 3 is 1.09 bits per heavy atom. The van der Waals surface area contributed by atoms with Crippen LogP contribution in [0.2, 0.25) is 0 Å². The van der Waals surface area contributed by atoms with Crippen LogP contribution in [-0.2, 0) is 52.9 Å². The number of aromatic hydroxyl groups is 1. The van der Waals surface area contributed by atoms with Gasteiger partial charge in [0.1, 0.15) is 40.2 Å². The number of carbonyl (C=O) groups excluding carboxylic acids is 3. The van der Waals surface area contributed by atoms with Crippen LogP contribution in [0.1, 0.15) is 193 Å². The summed E-state index contributed by atoms with van der Waals surface area (Å²) in [5.74, 6) is 1.62. The van der Waals surface area contributed by atoms with Crippen molar-refractivity contribution in [2.24, 2.45) is 0 Å². The van der Waals surface area contributed by atoms with Gasteiger partial charge in [-0.25, -0.2) is 0 Å². The summed E-state index contributed by atoms with van der Waals surface area (Å²) in [5.41, 5.74) is 14.9. The largest absolute Gasteiger partial charge is 0.508 e. The molecule has 14 nitrogen and oxygen atoms in total. The van der Waals surface area contributed by atoms with Gasteiger partial charge in [-0.15, -0.1) is 0 Å². The second-order valence-electron chi connectivity index (χ2n) is 31.0. The van der Waals surface area contributed by atoms with E-state index in [-0.39, 0.29) is 61.3 Å². The molecule has 594 valence electrons. The van der Waals surface area contributed by atoms with Gasteiger partial charge < -0.3 is 54.1 Å². The summed E-state index contributed by atoms with van der Waals surface area (Å²) in [6.45, 7) is 2.95. The average Bonchev–Trinajstić information content (AvgIpc) is 0.773. The number of phenolic OH excluding ortho intramolecular Hbond substituents is 1. The molecule has 17 rings (SSSR count). The highest BCUT2D eigenvalue weighted by molar-refractivity contribution is 5.83. The molecule has 0 aromatic heterocycles. The number of aryl methyl sites for hydroxylation is 5. The summed E-state index contributed by atoms with van der Waals surface area (Å²) in [4.78, 5) is 38.3. The van der Waals surface area contributed by atoms with Crippen LogP contribution >= 0.6 is 0 Å². The second kappa shape index (κ2) is 35.0. The van der Waals surface area contributed by atoms with Gasteiger partial charge in [-0.05, 0) is 311 Å². The van der Waals surface area contributed by atoms with Crippen LogP contribution in [0, 0.1) is 0 Å². The third-order valence-electron chi connectivity index (χ3n) is 24.6. The number of amides is 3. The minimum absolute atomic E-state index is 0.00490. The van der Waals surface area contributed by atoms with Crippen LogP contribution in [0.3, 0.4) is 0 Å². The molecule has 5 saturated heterocycles. The van der Waals surface area contributed by atoms with Crippen molar-refractivity contribution < 1.29 is 82.7 Å². The third kappa shape index (κ3) is 18.6. The molecular weight excluding hydrogens is 1440 g/mol. The van der Waals surface area contributed by atoms with E-state index in [2.05, 4.69) is 65.2 Å². The van der Waals surface area contributed by atoms with Crippen LogP contribution in [0.5, 0.6) is 40.2 Å². The summed E-state index contributed by atoms with van der Waals surface area (Å²) in [5, 5.41) is 16.9. The first-order valence-corrected chi connectivity index (χ1v) is 39.3. The Hall–Kier alpha value is -8.96. The molecule has 0 radical (unpaired) electrons. The van der Waals surface area contributed by atoms with Crippen LogP contribution in [0.25, 0.3) is 0 Å². The van der Waals surface area contributed by atoms with Crippen molar-refractivity contribution in [1.82, 2.24) is 25.3 Å². The molecule has 23 heteroatoms. The number of alkyl halides is 9. The van der Waals surface area contributed by atoms with E-state index in [1.807, 2.05) is 66.7 Å². The Labute approximate surface area is 643 Å². The molecule has 10 aliphatic rings. The number of benzene rings is 7.